The van der Waals surface area contributed by atoms with Crippen molar-refractivity contribution in [3.8, 4) is 11.1 Å². The molecular formula is C26H24O. The van der Waals surface area contributed by atoms with Gasteiger partial charge < -0.3 is 5.11 Å². The monoisotopic (exact) mass is 352 g/mol. The largest absolute Gasteiger partial charge is 0.384 e. The number of aliphatic hydroxyl groups excluding tert-OH is 1. The molecule has 1 heteroatoms. The first-order valence-corrected chi connectivity index (χ1v) is 9.45. The quantitative estimate of drug-likeness (QED) is 0.564. The lowest BCUT2D eigenvalue weighted by atomic mass is 9.91. The Kier molecular flexibility index (Phi) is 4.79. The Morgan fingerprint density at radius 1 is 0.704 bits per heavy atom. The van der Waals surface area contributed by atoms with Crippen molar-refractivity contribution < 1.29 is 5.11 Å². The molecule has 1 aliphatic rings. The zero-order valence-corrected chi connectivity index (χ0v) is 15.8. The van der Waals surface area contributed by atoms with E-state index >= 15 is 0 Å². The minimum atomic E-state index is -0.595. The van der Waals surface area contributed by atoms with Gasteiger partial charge in [0.25, 0.3) is 0 Å². The van der Waals surface area contributed by atoms with E-state index in [0.717, 1.165) is 17.5 Å². The zero-order chi connectivity index (χ0) is 18.8. The molecule has 27 heavy (non-hydrogen) atoms. The fourth-order valence-corrected chi connectivity index (χ4v) is 3.78. The molecule has 0 fully saturated rings. The van der Waals surface area contributed by atoms with Crippen LogP contribution in [0.1, 0.15) is 43.1 Å². The van der Waals surface area contributed by atoms with Gasteiger partial charge in [0.05, 0.1) is 0 Å². The fraction of sp³-hybridized carbons (Fsp3) is 0.154. The molecule has 4 rings (SSSR count). The molecule has 0 heterocycles. The molecule has 0 spiro atoms. The summed E-state index contributed by atoms with van der Waals surface area (Å²) >= 11 is 0. The maximum Gasteiger partial charge on any atom is 0.104 e. The summed E-state index contributed by atoms with van der Waals surface area (Å²) in [5.41, 5.74) is 9.74. The first-order valence-electron chi connectivity index (χ1n) is 9.45. The van der Waals surface area contributed by atoms with Crippen LogP contribution in [0.4, 0.5) is 0 Å². The number of aliphatic hydroxyl groups is 1. The van der Waals surface area contributed by atoms with Gasteiger partial charge in [-0.2, -0.15) is 0 Å². The molecule has 134 valence electrons. The molecule has 1 N–H and O–H groups in total. The third-order valence-corrected chi connectivity index (χ3v) is 5.56. The van der Waals surface area contributed by atoms with Crippen LogP contribution in [0.25, 0.3) is 16.7 Å². The van der Waals surface area contributed by atoms with Gasteiger partial charge in [-0.1, -0.05) is 90.5 Å². The number of benzene rings is 3. The topological polar surface area (TPSA) is 20.2 Å². The third-order valence-electron chi connectivity index (χ3n) is 5.56. The zero-order valence-electron chi connectivity index (χ0n) is 15.8. The van der Waals surface area contributed by atoms with Crippen molar-refractivity contribution >= 4 is 5.57 Å². The second-order valence-corrected chi connectivity index (χ2v) is 7.18. The molecule has 3 aromatic rings. The second kappa shape index (κ2) is 7.38. The van der Waals surface area contributed by atoms with Gasteiger partial charge in [-0.3, -0.25) is 0 Å². The van der Waals surface area contributed by atoms with Crippen LogP contribution in [0.15, 0.2) is 96.1 Å². The molecule has 3 aromatic carbocycles. The van der Waals surface area contributed by atoms with Crippen molar-refractivity contribution in [3.05, 3.63) is 113 Å². The van der Waals surface area contributed by atoms with E-state index in [1.807, 2.05) is 42.5 Å². The van der Waals surface area contributed by atoms with E-state index in [1.54, 1.807) is 0 Å². The van der Waals surface area contributed by atoms with Crippen LogP contribution in [0, 0.1) is 0 Å². The Morgan fingerprint density at radius 3 is 1.93 bits per heavy atom. The number of hydrogen-bond donors (Lipinski definition) is 1. The molecule has 1 aliphatic carbocycles. The first-order chi connectivity index (χ1) is 13.1. The fourth-order valence-electron chi connectivity index (χ4n) is 3.78. The van der Waals surface area contributed by atoms with Crippen molar-refractivity contribution in [2.24, 2.45) is 0 Å². The lowest BCUT2D eigenvalue weighted by Gasteiger charge is -2.15. The summed E-state index contributed by atoms with van der Waals surface area (Å²) < 4.78 is 0. The molecule has 0 aromatic heterocycles. The molecule has 1 atom stereocenters. The number of allylic oxidation sites excluding steroid dienone is 4. The average Bonchev–Trinajstić information content (AvgIpc) is 3.07. The second-order valence-electron chi connectivity index (χ2n) is 7.18. The lowest BCUT2D eigenvalue weighted by molar-refractivity contribution is 0.220. The van der Waals surface area contributed by atoms with Crippen molar-refractivity contribution in [2.75, 3.05) is 0 Å². The van der Waals surface area contributed by atoms with Crippen molar-refractivity contribution in [1.29, 1.82) is 0 Å². The summed E-state index contributed by atoms with van der Waals surface area (Å²) in [6, 6.07) is 26.7. The van der Waals surface area contributed by atoms with Crippen molar-refractivity contribution in [3.63, 3.8) is 0 Å². The highest BCUT2D eigenvalue weighted by molar-refractivity contribution is 5.86. The predicted molar refractivity (Wildman–Crippen MR) is 113 cm³/mol. The number of hydrogen-bond acceptors (Lipinski definition) is 1. The van der Waals surface area contributed by atoms with E-state index in [-0.39, 0.29) is 0 Å². The van der Waals surface area contributed by atoms with E-state index in [0.29, 0.717) is 0 Å². The summed E-state index contributed by atoms with van der Waals surface area (Å²) in [5, 5.41) is 10.6. The SMILES string of the molecule is CC1=CCC(c2ccccc2-c2ccc(C(O)c3ccccc3)cc2)=C1C. The molecule has 0 saturated carbocycles. The maximum absolute atomic E-state index is 10.6. The molecule has 1 nitrogen and oxygen atoms in total. The standard InChI is InChI=1S/C26H24O/c1-18-12-17-23(19(18)2)25-11-7-6-10-24(25)20-13-15-22(16-14-20)26(27)21-8-4-3-5-9-21/h3-16,26-27H,17H2,1-2H3. The minimum absolute atomic E-state index is 0.595. The molecule has 0 bridgehead atoms. The van der Waals surface area contributed by atoms with E-state index in [4.69, 9.17) is 0 Å². The van der Waals surface area contributed by atoms with Crippen LogP contribution in [0.2, 0.25) is 0 Å². The first kappa shape index (κ1) is 17.5. The van der Waals surface area contributed by atoms with Gasteiger partial charge in [0.1, 0.15) is 6.10 Å². The summed E-state index contributed by atoms with van der Waals surface area (Å²) in [6.07, 6.45) is 2.71. The summed E-state index contributed by atoms with van der Waals surface area (Å²) in [7, 11) is 0. The number of rotatable bonds is 4. The maximum atomic E-state index is 10.6. The Bertz CT molecular complexity index is 1010. The van der Waals surface area contributed by atoms with Gasteiger partial charge in [-0.05, 0) is 59.2 Å². The average molecular weight is 352 g/mol. The molecule has 0 radical (unpaired) electrons. The molecular weight excluding hydrogens is 328 g/mol. The van der Waals surface area contributed by atoms with Gasteiger partial charge in [0.15, 0.2) is 0 Å². The summed E-state index contributed by atoms with van der Waals surface area (Å²) in [5.74, 6) is 0. The third kappa shape index (κ3) is 3.39. The Morgan fingerprint density at radius 2 is 1.30 bits per heavy atom. The molecule has 0 amide bonds. The van der Waals surface area contributed by atoms with Gasteiger partial charge in [0.2, 0.25) is 0 Å². The van der Waals surface area contributed by atoms with Crippen LogP contribution in [0.5, 0.6) is 0 Å². The van der Waals surface area contributed by atoms with E-state index < -0.39 is 6.10 Å². The Hall–Kier alpha value is -2.90. The Labute approximate surface area is 161 Å². The van der Waals surface area contributed by atoms with Crippen LogP contribution in [0.3, 0.4) is 0 Å². The lowest BCUT2D eigenvalue weighted by Crippen LogP contribution is -1.99. The van der Waals surface area contributed by atoms with Gasteiger partial charge in [-0.25, -0.2) is 0 Å². The van der Waals surface area contributed by atoms with E-state index in [2.05, 4.69) is 56.3 Å². The van der Waals surface area contributed by atoms with Gasteiger partial charge in [0, 0.05) is 0 Å². The summed E-state index contributed by atoms with van der Waals surface area (Å²) in [6.45, 7) is 4.40. The molecule has 0 saturated heterocycles. The molecule has 0 aliphatic heterocycles. The highest BCUT2D eigenvalue weighted by Gasteiger charge is 2.16. The van der Waals surface area contributed by atoms with E-state index in [9.17, 15) is 5.11 Å². The highest BCUT2D eigenvalue weighted by Crippen LogP contribution is 2.38. The Balaban J connectivity index is 1.68. The van der Waals surface area contributed by atoms with Crippen molar-refractivity contribution in [2.45, 2.75) is 26.4 Å². The van der Waals surface area contributed by atoms with Crippen LogP contribution in [-0.4, -0.2) is 5.11 Å². The predicted octanol–water partition coefficient (Wildman–Crippen LogP) is 6.56. The summed E-state index contributed by atoms with van der Waals surface area (Å²) in [4.78, 5) is 0. The minimum Gasteiger partial charge on any atom is -0.384 e. The highest BCUT2D eigenvalue weighted by atomic mass is 16.3. The smallest absolute Gasteiger partial charge is 0.104 e. The van der Waals surface area contributed by atoms with Gasteiger partial charge >= 0.3 is 0 Å². The van der Waals surface area contributed by atoms with Crippen LogP contribution in [-0.2, 0) is 0 Å². The van der Waals surface area contributed by atoms with Crippen molar-refractivity contribution in [1.82, 2.24) is 0 Å². The normalized spacial score (nSPS) is 15.0. The molecule has 1 unspecified atom stereocenters. The van der Waals surface area contributed by atoms with Gasteiger partial charge in [-0.15, -0.1) is 0 Å². The van der Waals surface area contributed by atoms with Crippen LogP contribution >= 0.6 is 0 Å². The van der Waals surface area contributed by atoms with Crippen LogP contribution < -0.4 is 0 Å². The van der Waals surface area contributed by atoms with E-state index in [1.165, 1.54) is 33.4 Å².